The van der Waals surface area contributed by atoms with E-state index in [0.717, 1.165) is 31.6 Å². The van der Waals surface area contributed by atoms with E-state index in [1.807, 2.05) is 7.05 Å². The lowest BCUT2D eigenvalue weighted by Gasteiger charge is -2.14. The average Bonchev–Trinajstić information content (AvgIpc) is 2.49. The largest absolute Gasteiger partial charge is 0.493 e. The predicted octanol–water partition coefficient (Wildman–Crippen LogP) is 3.10. The van der Waals surface area contributed by atoms with Gasteiger partial charge in [0, 0.05) is 18.7 Å². The molecule has 0 bridgehead atoms. The number of unbranched alkanes of at least 4 members (excludes halogenated alkanes) is 2. The molecule has 3 heteroatoms. The highest BCUT2D eigenvalue weighted by Crippen LogP contribution is 2.28. The summed E-state index contributed by atoms with van der Waals surface area (Å²) in [5.74, 6) is 0.960. The van der Waals surface area contributed by atoms with Crippen LogP contribution in [-0.2, 0) is 6.54 Å². The van der Waals surface area contributed by atoms with Gasteiger partial charge in [-0.3, -0.25) is 0 Å². The molecule has 0 amide bonds. The Hall–Kier alpha value is -1.58. The molecule has 0 spiro atoms. The molecule has 3 nitrogen and oxygen atoms in total. The van der Waals surface area contributed by atoms with E-state index in [-0.39, 0.29) is 6.61 Å². The van der Waals surface area contributed by atoms with Gasteiger partial charge in [-0.25, -0.2) is 0 Å². The Morgan fingerprint density at radius 2 is 1.90 bits per heavy atom. The monoisotopic (exact) mass is 273 g/mol. The maximum Gasteiger partial charge on any atom is 0.124 e. The first-order valence-electron chi connectivity index (χ1n) is 7.25. The third-order valence-electron chi connectivity index (χ3n) is 3.41. The summed E-state index contributed by atoms with van der Waals surface area (Å²) in [7, 11) is 1.95. The zero-order chi connectivity index (χ0) is 14.2. The Kier molecular flexibility index (Phi) is 5.84. The van der Waals surface area contributed by atoms with E-state index >= 15 is 0 Å². The number of hydrogen-bond donors (Lipinski definition) is 2. The van der Waals surface area contributed by atoms with Crippen molar-refractivity contribution in [1.29, 1.82) is 0 Å². The lowest BCUT2D eigenvalue weighted by Crippen LogP contribution is -2.09. The molecular weight excluding hydrogens is 250 g/mol. The van der Waals surface area contributed by atoms with Crippen LogP contribution in [0.3, 0.4) is 0 Å². The van der Waals surface area contributed by atoms with E-state index in [1.165, 1.54) is 16.3 Å². The Labute approximate surface area is 120 Å². The second kappa shape index (κ2) is 7.88. The summed E-state index contributed by atoms with van der Waals surface area (Å²) in [6, 6.07) is 12.5. The van der Waals surface area contributed by atoms with Crippen molar-refractivity contribution < 1.29 is 9.84 Å². The molecule has 0 aromatic heterocycles. The highest BCUT2D eigenvalue weighted by atomic mass is 16.5. The van der Waals surface area contributed by atoms with Crippen LogP contribution in [0.25, 0.3) is 10.8 Å². The smallest absolute Gasteiger partial charge is 0.124 e. The third kappa shape index (κ3) is 3.71. The molecule has 20 heavy (non-hydrogen) atoms. The van der Waals surface area contributed by atoms with Gasteiger partial charge in [-0.1, -0.05) is 30.3 Å². The number of benzene rings is 2. The van der Waals surface area contributed by atoms with Crippen LogP contribution in [0, 0.1) is 0 Å². The molecular formula is C17H23NO2. The summed E-state index contributed by atoms with van der Waals surface area (Å²) in [6.07, 6.45) is 2.84. The molecule has 0 radical (unpaired) electrons. The van der Waals surface area contributed by atoms with Gasteiger partial charge in [-0.15, -0.1) is 0 Å². The molecule has 2 aromatic rings. The standard InChI is InChI=1S/C17H23NO2/c1-18-13-16-15-8-4-3-7-14(15)9-10-17(16)20-12-6-2-5-11-19/h3-4,7-10,18-19H,2,5-6,11-13H2,1H3. The molecule has 0 heterocycles. The highest BCUT2D eigenvalue weighted by Gasteiger charge is 2.07. The molecule has 0 aliphatic rings. The summed E-state index contributed by atoms with van der Waals surface area (Å²) in [5, 5.41) is 14.5. The number of aliphatic hydroxyl groups excluding tert-OH is 1. The van der Waals surface area contributed by atoms with Gasteiger partial charge in [-0.05, 0) is 43.1 Å². The molecule has 0 unspecified atom stereocenters. The Bertz CT molecular complexity index is 540. The van der Waals surface area contributed by atoms with Crippen molar-refractivity contribution >= 4 is 10.8 Å². The first-order chi connectivity index (χ1) is 9.86. The predicted molar refractivity (Wildman–Crippen MR) is 83.1 cm³/mol. The van der Waals surface area contributed by atoms with Crippen LogP contribution in [0.2, 0.25) is 0 Å². The van der Waals surface area contributed by atoms with Gasteiger partial charge in [0.25, 0.3) is 0 Å². The van der Waals surface area contributed by atoms with E-state index in [1.54, 1.807) is 0 Å². The lowest BCUT2D eigenvalue weighted by molar-refractivity contribution is 0.265. The molecule has 0 saturated heterocycles. The Balaban J connectivity index is 2.13. The van der Waals surface area contributed by atoms with Crippen LogP contribution < -0.4 is 10.1 Å². The molecule has 0 saturated carbocycles. The van der Waals surface area contributed by atoms with Gasteiger partial charge in [0.15, 0.2) is 0 Å². The van der Waals surface area contributed by atoms with Crippen molar-refractivity contribution in [1.82, 2.24) is 5.32 Å². The zero-order valence-corrected chi connectivity index (χ0v) is 12.1. The number of hydrogen-bond acceptors (Lipinski definition) is 3. The first-order valence-corrected chi connectivity index (χ1v) is 7.25. The molecule has 108 valence electrons. The topological polar surface area (TPSA) is 41.5 Å². The SMILES string of the molecule is CNCc1c(OCCCCCO)ccc2ccccc12. The number of nitrogens with one attached hydrogen (secondary N) is 1. The lowest BCUT2D eigenvalue weighted by atomic mass is 10.0. The summed E-state index contributed by atoms with van der Waals surface area (Å²) in [5.41, 5.74) is 1.22. The van der Waals surface area contributed by atoms with E-state index in [2.05, 4.69) is 41.7 Å². The number of fused-ring (bicyclic) bond motifs is 1. The number of aliphatic hydroxyl groups is 1. The molecule has 0 aliphatic heterocycles. The van der Waals surface area contributed by atoms with Crippen LogP contribution in [-0.4, -0.2) is 25.4 Å². The van der Waals surface area contributed by atoms with Crippen molar-refractivity contribution in [3.63, 3.8) is 0 Å². The fourth-order valence-electron chi connectivity index (χ4n) is 2.38. The number of rotatable bonds is 8. The van der Waals surface area contributed by atoms with Crippen molar-refractivity contribution in [2.24, 2.45) is 0 Å². The normalized spacial score (nSPS) is 10.9. The van der Waals surface area contributed by atoms with Crippen LogP contribution >= 0.6 is 0 Å². The van der Waals surface area contributed by atoms with Gasteiger partial charge in [0.2, 0.25) is 0 Å². The molecule has 2 N–H and O–H groups in total. The maximum absolute atomic E-state index is 8.77. The van der Waals surface area contributed by atoms with Gasteiger partial charge in [0.05, 0.1) is 6.61 Å². The Morgan fingerprint density at radius 3 is 2.70 bits per heavy atom. The van der Waals surface area contributed by atoms with Crippen molar-refractivity contribution in [3.05, 3.63) is 42.0 Å². The highest BCUT2D eigenvalue weighted by molar-refractivity contribution is 5.87. The van der Waals surface area contributed by atoms with Crippen LogP contribution in [0.5, 0.6) is 5.75 Å². The molecule has 0 aliphatic carbocycles. The summed E-state index contributed by atoms with van der Waals surface area (Å²) in [4.78, 5) is 0. The van der Waals surface area contributed by atoms with Crippen LogP contribution in [0.4, 0.5) is 0 Å². The fourth-order valence-corrected chi connectivity index (χ4v) is 2.38. The Morgan fingerprint density at radius 1 is 1.05 bits per heavy atom. The molecule has 0 atom stereocenters. The first kappa shape index (κ1) is 14.8. The van der Waals surface area contributed by atoms with Crippen LogP contribution in [0.1, 0.15) is 24.8 Å². The van der Waals surface area contributed by atoms with E-state index in [4.69, 9.17) is 9.84 Å². The molecule has 2 rings (SSSR count). The molecule has 2 aromatic carbocycles. The number of ether oxygens (including phenoxy) is 1. The maximum atomic E-state index is 8.77. The van der Waals surface area contributed by atoms with Gasteiger partial charge < -0.3 is 15.2 Å². The van der Waals surface area contributed by atoms with E-state index < -0.39 is 0 Å². The van der Waals surface area contributed by atoms with Gasteiger partial charge >= 0.3 is 0 Å². The van der Waals surface area contributed by atoms with Crippen molar-refractivity contribution in [3.8, 4) is 5.75 Å². The third-order valence-corrected chi connectivity index (χ3v) is 3.41. The average molecular weight is 273 g/mol. The summed E-state index contributed by atoms with van der Waals surface area (Å²) in [6.45, 7) is 1.77. The van der Waals surface area contributed by atoms with Crippen molar-refractivity contribution in [2.45, 2.75) is 25.8 Å². The van der Waals surface area contributed by atoms with E-state index in [9.17, 15) is 0 Å². The van der Waals surface area contributed by atoms with Crippen LogP contribution in [0.15, 0.2) is 36.4 Å². The van der Waals surface area contributed by atoms with Gasteiger partial charge in [0.1, 0.15) is 5.75 Å². The minimum atomic E-state index is 0.265. The zero-order valence-electron chi connectivity index (χ0n) is 12.1. The quantitative estimate of drug-likeness (QED) is 0.726. The minimum absolute atomic E-state index is 0.265. The second-order valence-corrected chi connectivity index (χ2v) is 4.93. The van der Waals surface area contributed by atoms with E-state index in [0.29, 0.717) is 6.61 Å². The second-order valence-electron chi connectivity index (χ2n) is 4.93. The summed E-state index contributed by atoms with van der Waals surface area (Å²) < 4.78 is 5.92. The fraction of sp³-hybridized carbons (Fsp3) is 0.412. The molecule has 0 fully saturated rings. The van der Waals surface area contributed by atoms with Crippen molar-refractivity contribution in [2.75, 3.05) is 20.3 Å². The summed E-state index contributed by atoms with van der Waals surface area (Å²) >= 11 is 0. The minimum Gasteiger partial charge on any atom is -0.493 e. The van der Waals surface area contributed by atoms with Gasteiger partial charge in [-0.2, -0.15) is 0 Å².